The highest BCUT2D eigenvalue weighted by Gasteiger charge is 2.23. The number of rotatable bonds is 7. The van der Waals surface area contributed by atoms with Crippen molar-refractivity contribution in [1.29, 1.82) is 0 Å². The summed E-state index contributed by atoms with van der Waals surface area (Å²) >= 11 is 0. The number of hydrogen-bond acceptors (Lipinski definition) is 3. The van der Waals surface area contributed by atoms with Crippen molar-refractivity contribution in [2.24, 2.45) is 0 Å². The zero-order chi connectivity index (χ0) is 24.6. The van der Waals surface area contributed by atoms with Crippen LogP contribution in [0.25, 0.3) is 0 Å². The molecule has 0 unspecified atom stereocenters. The van der Waals surface area contributed by atoms with Crippen LogP contribution >= 0.6 is 0 Å². The number of carbonyl (C=O) groups is 2. The standard InChI is InChI=1S/C27H28F2N4O2/c28-23-10-6-21(7-11-23)20-33(26(34)22-8-12-24(29)13-9-22)19-16-31-14-17-32(18-15-31)27(35)30-25-4-2-1-3-5-25/h1-13H,14-20H2,(H,30,35). The number of nitrogens with zero attached hydrogens (tertiary/aromatic N) is 3. The first-order chi connectivity index (χ1) is 17.0. The Labute approximate surface area is 203 Å². The summed E-state index contributed by atoms with van der Waals surface area (Å²) in [6, 6.07) is 20.8. The highest BCUT2D eigenvalue weighted by Crippen LogP contribution is 2.14. The van der Waals surface area contributed by atoms with Crippen molar-refractivity contribution < 1.29 is 18.4 Å². The molecule has 0 saturated carbocycles. The van der Waals surface area contributed by atoms with Gasteiger partial charge in [-0.05, 0) is 54.1 Å². The Balaban J connectivity index is 1.34. The monoisotopic (exact) mass is 478 g/mol. The molecule has 4 rings (SSSR count). The first kappa shape index (κ1) is 24.3. The van der Waals surface area contributed by atoms with E-state index in [2.05, 4.69) is 10.2 Å². The smallest absolute Gasteiger partial charge is 0.321 e. The lowest BCUT2D eigenvalue weighted by Crippen LogP contribution is -2.51. The van der Waals surface area contributed by atoms with E-state index < -0.39 is 5.82 Å². The molecule has 1 saturated heterocycles. The number of amides is 3. The fourth-order valence-corrected chi connectivity index (χ4v) is 4.00. The average molecular weight is 479 g/mol. The van der Waals surface area contributed by atoms with Gasteiger partial charge >= 0.3 is 6.03 Å². The highest BCUT2D eigenvalue weighted by atomic mass is 19.1. The summed E-state index contributed by atoms with van der Waals surface area (Å²) < 4.78 is 26.7. The van der Waals surface area contributed by atoms with Crippen molar-refractivity contribution in [1.82, 2.24) is 14.7 Å². The van der Waals surface area contributed by atoms with Crippen LogP contribution < -0.4 is 5.32 Å². The van der Waals surface area contributed by atoms with Crippen LogP contribution in [0.4, 0.5) is 19.3 Å². The predicted molar refractivity (Wildman–Crippen MR) is 131 cm³/mol. The lowest BCUT2D eigenvalue weighted by atomic mass is 10.1. The number of anilines is 1. The van der Waals surface area contributed by atoms with E-state index in [0.717, 1.165) is 11.3 Å². The highest BCUT2D eigenvalue weighted by molar-refractivity contribution is 5.94. The number of urea groups is 1. The third-order valence-corrected chi connectivity index (χ3v) is 6.04. The number of halogens is 2. The first-order valence-corrected chi connectivity index (χ1v) is 11.6. The third kappa shape index (κ3) is 6.86. The van der Waals surface area contributed by atoms with Crippen molar-refractivity contribution >= 4 is 17.6 Å². The second kappa shape index (κ2) is 11.6. The molecule has 1 fully saturated rings. The van der Waals surface area contributed by atoms with E-state index in [0.29, 0.717) is 51.4 Å². The summed E-state index contributed by atoms with van der Waals surface area (Å²) in [6.45, 7) is 3.95. The Morgan fingerprint density at radius 3 is 2.03 bits per heavy atom. The molecule has 1 aliphatic heterocycles. The minimum absolute atomic E-state index is 0.125. The topological polar surface area (TPSA) is 55.9 Å². The van der Waals surface area contributed by atoms with Crippen LogP contribution in [0.15, 0.2) is 78.9 Å². The summed E-state index contributed by atoms with van der Waals surface area (Å²) in [7, 11) is 0. The van der Waals surface area contributed by atoms with E-state index in [-0.39, 0.29) is 17.8 Å². The number of carbonyl (C=O) groups excluding carboxylic acids is 2. The largest absolute Gasteiger partial charge is 0.333 e. The summed E-state index contributed by atoms with van der Waals surface area (Å²) in [5.41, 5.74) is 1.97. The van der Waals surface area contributed by atoms with Crippen LogP contribution in [0.3, 0.4) is 0 Å². The predicted octanol–water partition coefficient (Wildman–Crippen LogP) is 4.46. The van der Waals surface area contributed by atoms with E-state index in [4.69, 9.17) is 0 Å². The molecule has 0 aliphatic carbocycles. The molecule has 0 spiro atoms. The quantitative estimate of drug-likeness (QED) is 0.546. The lowest BCUT2D eigenvalue weighted by Gasteiger charge is -2.36. The Morgan fingerprint density at radius 1 is 0.800 bits per heavy atom. The van der Waals surface area contributed by atoms with Gasteiger partial charge < -0.3 is 15.1 Å². The molecule has 0 atom stereocenters. The van der Waals surface area contributed by atoms with Gasteiger partial charge in [-0.3, -0.25) is 9.69 Å². The molecule has 1 heterocycles. The van der Waals surface area contributed by atoms with Gasteiger partial charge in [0.1, 0.15) is 11.6 Å². The fraction of sp³-hybridized carbons (Fsp3) is 0.259. The summed E-state index contributed by atoms with van der Waals surface area (Å²) in [6.07, 6.45) is 0. The summed E-state index contributed by atoms with van der Waals surface area (Å²) in [4.78, 5) is 31.4. The van der Waals surface area contributed by atoms with Gasteiger partial charge in [-0.1, -0.05) is 30.3 Å². The minimum atomic E-state index is -0.402. The van der Waals surface area contributed by atoms with Crippen LogP contribution in [0.1, 0.15) is 15.9 Å². The minimum Gasteiger partial charge on any atom is -0.333 e. The van der Waals surface area contributed by atoms with E-state index in [1.165, 1.54) is 36.4 Å². The molecule has 0 bridgehead atoms. The summed E-state index contributed by atoms with van der Waals surface area (Å²) in [5.74, 6) is -0.949. The fourth-order valence-electron chi connectivity index (χ4n) is 4.00. The molecular formula is C27H28F2N4O2. The Bertz CT molecular complexity index is 1120. The maximum atomic E-state index is 13.3. The molecule has 0 radical (unpaired) electrons. The van der Waals surface area contributed by atoms with E-state index in [9.17, 15) is 18.4 Å². The molecular weight excluding hydrogens is 450 g/mol. The van der Waals surface area contributed by atoms with Crippen molar-refractivity contribution in [3.63, 3.8) is 0 Å². The van der Waals surface area contributed by atoms with Gasteiger partial charge in [-0.2, -0.15) is 0 Å². The van der Waals surface area contributed by atoms with Gasteiger partial charge in [0.05, 0.1) is 0 Å². The van der Waals surface area contributed by atoms with Gasteiger partial charge in [0, 0.05) is 57.1 Å². The second-order valence-corrected chi connectivity index (χ2v) is 8.48. The maximum Gasteiger partial charge on any atom is 0.321 e. The molecule has 182 valence electrons. The van der Waals surface area contributed by atoms with Crippen molar-refractivity contribution in [3.05, 3.63) is 102 Å². The van der Waals surface area contributed by atoms with Crippen molar-refractivity contribution in [2.45, 2.75) is 6.54 Å². The van der Waals surface area contributed by atoms with E-state index in [1.54, 1.807) is 21.9 Å². The van der Waals surface area contributed by atoms with E-state index in [1.807, 2.05) is 30.3 Å². The molecule has 8 heteroatoms. The Kier molecular flexibility index (Phi) is 8.05. The number of para-hydroxylation sites is 1. The normalized spacial score (nSPS) is 13.9. The number of piperazine rings is 1. The summed E-state index contributed by atoms with van der Waals surface area (Å²) in [5, 5.41) is 2.91. The number of nitrogens with one attached hydrogen (secondary N) is 1. The SMILES string of the molecule is O=C(Nc1ccccc1)N1CCN(CCN(Cc2ccc(F)cc2)C(=O)c2ccc(F)cc2)CC1. The van der Waals surface area contributed by atoms with Gasteiger partial charge in [0.15, 0.2) is 0 Å². The van der Waals surface area contributed by atoms with Crippen LogP contribution in [-0.4, -0.2) is 65.9 Å². The molecule has 6 nitrogen and oxygen atoms in total. The average Bonchev–Trinajstić information content (AvgIpc) is 2.88. The molecule has 3 amide bonds. The van der Waals surface area contributed by atoms with Crippen LogP contribution in [-0.2, 0) is 6.54 Å². The Hall–Kier alpha value is -3.78. The second-order valence-electron chi connectivity index (χ2n) is 8.48. The lowest BCUT2D eigenvalue weighted by molar-refractivity contribution is 0.0704. The molecule has 1 aliphatic rings. The van der Waals surface area contributed by atoms with Gasteiger partial charge in [0.25, 0.3) is 5.91 Å². The number of benzene rings is 3. The van der Waals surface area contributed by atoms with Crippen LogP contribution in [0.2, 0.25) is 0 Å². The van der Waals surface area contributed by atoms with Gasteiger partial charge in [-0.15, -0.1) is 0 Å². The Morgan fingerprint density at radius 2 is 1.40 bits per heavy atom. The zero-order valence-electron chi connectivity index (χ0n) is 19.4. The number of hydrogen-bond donors (Lipinski definition) is 1. The van der Waals surface area contributed by atoms with E-state index >= 15 is 0 Å². The molecule has 35 heavy (non-hydrogen) atoms. The first-order valence-electron chi connectivity index (χ1n) is 11.6. The van der Waals surface area contributed by atoms with Crippen molar-refractivity contribution in [3.8, 4) is 0 Å². The molecule has 0 aromatic heterocycles. The van der Waals surface area contributed by atoms with Crippen LogP contribution in [0, 0.1) is 11.6 Å². The van der Waals surface area contributed by atoms with Crippen molar-refractivity contribution in [2.75, 3.05) is 44.6 Å². The van der Waals surface area contributed by atoms with Crippen LogP contribution in [0.5, 0.6) is 0 Å². The van der Waals surface area contributed by atoms with Gasteiger partial charge in [-0.25, -0.2) is 13.6 Å². The molecule has 1 N–H and O–H groups in total. The zero-order valence-corrected chi connectivity index (χ0v) is 19.4. The third-order valence-electron chi connectivity index (χ3n) is 6.04. The van der Waals surface area contributed by atoms with Gasteiger partial charge in [0.2, 0.25) is 0 Å². The molecule has 3 aromatic rings. The molecule has 3 aromatic carbocycles. The maximum absolute atomic E-state index is 13.3.